The van der Waals surface area contributed by atoms with E-state index < -0.39 is 6.83 Å². The summed E-state index contributed by atoms with van der Waals surface area (Å²) < 4.78 is 6.90. The average molecular weight is 435 g/mol. The molecule has 0 aliphatic carbocycles. The van der Waals surface area contributed by atoms with Crippen LogP contribution in [-0.2, 0) is 9.32 Å². The Morgan fingerprint density at radius 2 is 1.10 bits per heavy atom. The van der Waals surface area contributed by atoms with Gasteiger partial charge >= 0.3 is 188 Å². The molecule has 0 spiro atoms. The van der Waals surface area contributed by atoms with E-state index in [1.165, 1.54) is 12.8 Å². The van der Waals surface area contributed by atoms with Gasteiger partial charge in [-0.25, -0.2) is 0 Å². The summed E-state index contributed by atoms with van der Waals surface area (Å²) in [6.07, 6.45) is 6.55. The summed E-state index contributed by atoms with van der Waals surface area (Å²) in [5.74, 6) is -0.104. The molecular formula is C28H35O2P. The zero-order chi connectivity index (χ0) is 22.0. The number of benzene rings is 3. The summed E-state index contributed by atoms with van der Waals surface area (Å²) in [6.45, 7) is 0.767. The second-order valence-corrected chi connectivity index (χ2v) is 12.8. The summed E-state index contributed by atoms with van der Waals surface area (Å²) in [7, 11) is 0. The van der Waals surface area contributed by atoms with E-state index in [-0.39, 0.29) is 5.97 Å². The predicted molar refractivity (Wildman–Crippen MR) is 135 cm³/mol. The van der Waals surface area contributed by atoms with Gasteiger partial charge in [-0.2, -0.15) is 0 Å². The molecular weight excluding hydrogens is 399 g/mol. The van der Waals surface area contributed by atoms with Gasteiger partial charge in [0.25, 0.3) is 0 Å². The van der Waals surface area contributed by atoms with Crippen LogP contribution in [0.5, 0.6) is 0 Å². The van der Waals surface area contributed by atoms with Crippen LogP contribution in [0.15, 0.2) is 91.0 Å². The van der Waals surface area contributed by atoms with E-state index in [4.69, 9.17) is 4.52 Å². The van der Waals surface area contributed by atoms with Gasteiger partial charge in [0, 0.05) is 0 Å². The Labute approximate surface area is 187 Å². The third-order valence-corrected chi connectivity index (χ3v) is 12.1. The van der Waals surface area contributed by atoms with Gasteiger partial charge in [-0.3, -0.25) is 0 Å². The molecule has 3 aromatic carbocycles. The number of unbranched alkanes of at least 4 members (excludes halogenated alkanes) is 3. The van der Waals surface area contributed by atoms with Crippen molar-refractivity contribution < 1.29 is 9.32 Å². The van der Waals surface area contributed by atoms with Crippen LogP contribution in [0.25, 0.3) is 0 Å². The number of carbonyl (C=O) groups excluding carboxylic acids is 1. The van der Waals surface area contributed by atoms with Crippen LogP contribution in [0.1, 0.15) is 52.4 Å². The molecule has 0 N–H and O–H groups in total. The standard InChI is InChI=1S/C28H35O2P/c1-3-5-6-16-24-31(30-28(29)17-4-2,25-18-10-7-11-19-25,26-20-12-8-13-21-26)27-22-14-9-15-23-27/h7-15,18-23H,3-6,16-17,24H2,1-2H3. The van der Waals surface area contributed by atoms with Crippen LogP contribution in [0, 0.1) is 0 Å². The van der Waals surface area contributed by atoms with Crippen molar-refractivity contribution in [2.45, 2.75) is 52.4 Å². The van der Waals surface area contributed by atoms with E-state index in [0.29, 0.717) is 6.42 Å². The van der Waals surface area contributed by atoms with Crippen molar-refractivity contribution in [2.24, 2.45) is 0 Å². The molecule has 0 atom stereocenters. The molecule has 0 unspecified atom stereocenters. The van der Waals surface area contributed by atoms with Crippen LogP contribution in [0.4, 0.5) is 0 Å². The van der Waals surface area contributed by atoms with Crippen LogP contribution in [0.2, 0.25) is 0 Å². The SMILES string of the molecule is CCCCCCP(OC(=O)CCC)(c1ccccc1)(c1ccccc1)c1ccccc1. The van der Waals surface area contributed by atoms with Crippen LogP contribution < -0.4 is 15.9 Å². The first-order chi connectivity index (χ1) is 15.2. The molecule has 3 aromatic rings. The Balaban J connectivity index is 2.37. The molecule has 0 radical (unpaired) electrons. The third kappa shape index (κ3) is 4.60. The zero-order valence-electron chi connectivity index (χ0n) is 18.9. The molecule has 164 valence electrons. The fraction of sp³-hybridized carbons (Fsp3) is 0.321. The van der Waals surface area contributed by atoms with Gasteiger partial charge < -0.3 is 0 Å². The molecule has 3 heteroatoms. The van der Waals surface area contributed by atoms with Crippen molar-refractivity contribution >= 4 is 28.7 Å². The van der Waals surface area contributed by atoms with Gasteiger partial charge in [0.05, 0.1) is 0 Å². The Bertz CT molecular complexity index is 839. The van der Waals surface area contributed by atoms with E-state index in [1.807, 2.05) is 25.1 Å². The van der Waals surface area contributed by atoms with Crippen molar-refractivity contribution in [3.05, 3.63) is 91.0 Å². The monoisotopic (exact) mass is 434 g/mol. The summed E-state index contributed by atoms with van der Waals surface area (Å²) in [4.78, 5) is 13.3. The van der Waals surface area contributed by atoms with Crippen LogP contribution in [-0.4, -0.2) is 12.1 Å². The van der Waals surface area contributed by atoms with Gasteiger partial charge in [0.2, 0.25) is 0 Å². The van der Waals surface area contributed by atoms with Gasteiger partial charge in [0.1, 0.15) is 0 Å². The zero-order valence-corrected chi connectivity index (χ0v) is 19.8. The number of carbonyl (C=O) groups is 1. The average Bonchev–Trinajstić information content (AvgIpc) is 2.83. The van der Waals surface area contributed by atoms with Gasteiger partial charge in [-0.15, -0.1) is 0 Å². The van der Waals surface area contributed by atoms with Crippen LogP contribution in [0.3, 0.4) is 0 Å². The van der Waals surface area contributed by atoms with E-state index in [1.54, 1.807) is 0 Å². The molecule has 0 fully saturated rings. The first-order valence-corrected chi connectivity index (χ1v) is 13.9. The summed E-state index contributed by atoms with van der Waals surface area (Å²) >= 11 is 0. The second kappa shape index (κ2) is 10.7. The Morgan fingerprint density at radius 3 is 1.48 bits per heavy atom. The van der Waals surface area contributed by atoms with E-state index in [9.17, 15) is 4.79 Å². The van der Waals surface area contributed by atoms with Gasteiger partial charge in [0.15, 0.2) is 0 Å². The molecule has 31 heavy (non-hydrogen) atoms. The van der Waals surface area contributed by atoms with Crippen molar-refractivity contribution in [1.82, 2.24) is 0 Å². The number of hydrogen-bond acceptors (Lipinski definition) is 2. The molecule has 0 bridgehead atoms. The quantitative estimate of drug-likeness (QED) is 0.259. The predicted octanol–water partition coefficient (Wildman–Crippen LogP) is 6.35. The molecule has 0 saturated carbocycles. The normalized spacial score (nSPS) is 12.6. The number of rotatable bonds is 11. The van der Waals surface area contributed by atoms with Crippen LogP contribution >= 0.6 is 6.83 Å². The molecule has 0 heterocycles. The Hall–Kier alpha value is -2.44. The summed E-state index contributed by atoms with van der Waals surface area (Å²) in [6, 6.07) is 31.5. The Kier molecular flexibility index (Phi) is 8.04. The first kappa shape index (κ1) is 23.2. The van der Waals surface area contributed by atoms with E-state index >= 15 is 0 Å². The molecule has 0 saturated heterocycles. The molecule has 0 aromatic heterocycles. The van der Waals surface area contributed by atoms with Gasteiger partial charge in [-0.05, 0) is 0 Å². The minimum absolute atomic E-state index is 0.104. The topological polar surface area (TPSA) is 26.3 Å². The second-order valence-electron chi connectivity index (χ2n) is 8.22. The van der Waals surface area contributed by atoms with E-state index in [2.05, 4.69) is 79.7 Å². The van der Waals surface area contributed by atoms with Crippen molar-refractivity contribution in [2.75, 3.05) is 6.16 Å². The fourth-order valence-corrected chi connectivity index (χ4v) is 10.4. The third-order valence-electron chi connectivity index (χ3n) is 6.10. The molecule has 0 aliphatic rings. The van der Waals surface area contributed by atoms with E-state index in [0.717, 1.165) is 41.3 Å². The van der Waals surface area contributed by atoms with Crippen molar-refractivity contribution in [3.63, 3.8) is 0 Å². The summed E-state index contributed by atoms with van der Waals surface area (Å²) in [5.41, 5.74) is 0. The number of hydrogen-bond donors (Lipinski definition) is 0. The van der Waals surface area contributed by atoms with Crippen molar-refractivity contribution in [3.8, 4) is 0 Å². The Morgan fingerprint density at radius 1 is 0.645 bits per heavy atom. The summed E-state index contributed by atoms with van der Waals surface area (Å²) in [5, 5.41) is 3.39. The molecule has 2 nitrogen and oxygen atoms in total. The fourth-order valence-electron chi connectivity index (χ4n) is 4.58. The molecule has 0 aliphatic heterocycles. The maximum absolute atomic E-state index is 13.3. The molecule has 3 rings (SSSR count). The van der Waals surface area contributed by atoms with Gasteiger partial charge in [-0.1, -0.05) is 0 Å². The first-order valence-electron chi connectivity index (χ1n) is 11.6. The molecule has 0 amide bonds. The maximum atomic E-state index is 13.3. The van der Waals surface area contributed by atoms with Crippen molar-refractivity contribution in [1.29, 1.82) is 0 Å². The minimum atomic E-state index is -3.50.